The topological polar surface area (TPSA) is 102 Å². The number of hydrogen-bond donors (Lipinski definition) is 0. The summed E-state index contributed by atoms with van der Waals surface area (Å²) in [5.74, 6) is 0. The third-order valence-corrected chi connectivity index (χ3v) is 5.32. The molecule has 0 aliphatic heterocycles. The van der Waals surface area contributed by atoms with Gasteiger partial charge in [-0.2, -0.15) is 0 Å². The highest BCUT2D eigenvalue weighted by Crippen LogP contribution is 2.24. The summed E-state index contributed by atoms with van der Waals surface area (Å²) in [7, 11) is 16.6. The molecule has 11 heteroatoms. The van der Waals surface area contributed by atoms with Gasteiger partial charge in [-0.3, -0.25) is 0 Å². The lowest BCUT2D eigenvalue weighted by Gasteiger charge is -2.35. The van der Waals surface area contributed by atoms with E-state index in [1.54, 1.807) is 71.1 Å². The van der Waals surface area contributed by atoms with Crippen LogP contribution in [-0.2, 0) is 52.1 Å². The fourth-order valence-corrected chi connectivity index (χ4v) is 4.30. The van der Waals surface area contributed by atoms with Crippen LogP contribution in [0, 0.1) is 16.2 Å². The van der Waals surface area contributed by atoms with Crippen molar-refractivity contribution in [2.45, 2.75) is 0 Å². The van der Waals surface area contributed by atoms with E-state index in [2.05, 4.69) is 0 Å². The predicted molar refractivity (Wildman–Crippen MR) is 137 cm³/mol. The van der Waals surface area contributed by atoms with Crippen LogP contribution >= 0.6 is 0 Å². The lowest BCUT2D eigenvalue weighted by molar-refractivity contribution is -0.125. The quantitative estimate of drug-likeness (QED) is 0.181. The first-order chi connectivity index (χ1) is 17.3. The maximum atomic E-state index is 6.00. The Morgan fingerprint density at radius 1 is 0.250 bits per heavy atom. The van der Waals surface area contributed by atoms with E-state index in [0.717, 1.165) is 0 Å². The van der Waals surface area contributed by atoms with E-state index in [1.807, 2.05) is 0 Å². The van der Waals surface area contributed by atoms with Crippen molar-refractivity contribution in [3.8, 4) is 0 Å². The first-order valence-electron chi connectivity index (χ1n) is 11.8. The van der Waals surface area contributed by atoms with Gasteiger partial charge in [0.2, 0.25) is 0 Å². The van der Waals surface area contributed by atoms with E-state index in [-0.39, 0.29) is 16.2 Å². The summed E-state index contributed by atoms with van der Waals surface area (Å²) >= 11 is 0. The van der Waals surface area contributed by atoms with Crippen molar-refractivity contribution in [2.75, 3.05) is 150 Å². The Labute approximate surface area is 219 Å². The summed E-state index contributed by atoms with van der Waals surface area (Å²) in [6.07, 6.45) is 0. The molecule has 11 nitrogen and oxygen atoms in total. The normalized spacial score (nSPS) is 12.5. The predicted octanol–water partition coefficient (Wildman–Crippen LogP) is 1.41. The molecule has 0 heterocycles. The van der Waals surface area contributed by atoms with Crippen molar-refractivity contribution in [1.29, 1.82) is 0 Å². The number of methoxy groups -OCH3 is 10. The second kappa shape index (κ2) is 23.7. The molecule has 0 N–H and O–H groups in total. The van der Waals surface area contributed by atoms with Gasteiger partial charge in [0.25, 0.3) is 0 Å². The summed E-state index contributed by atoms with van der Waals surface area (Å²) in [6.45, 7) is 6.10. The van der Waals surface area contributed by atoms with Gasteiger partial charge in [0.15, 0.2) is 0 Å². The van der Waals surface area contributed by atoms with Crippen LogP contribution in [-0.4, -0.2) is 150 Å². The van der Waals surface area contributed by atoms with Crippen LogP contribution in [0.2, 0.25) is 0 Å². The molecule has 0 amide bonds. The maximum Gasteiger partial charge on any atom is 0.0637 e. The Balaban J connectivity index is 0. The monoisotopic (exact) mass is 530 g/mol. The van der Waals surface area contributed by atoms with Crippen LogP contribution in [0.4, 0.5) is 0 Å². The van der Waals surface area contributed by atoms with Crippen LogP contribution in [0.25, 0.3) is 0 Å². The minimum atomic E-state index is -0.350. The largest absolute Gasteiger partial charge is 0.384 e. The molecule has 0 saturated heterocycles. The molecule has 0 aromatic heterocycles. The van der Waals surface area contributed by atoms with Gasteiger partial charge in [0.05, 0.1) is 95.5 Å². The highest BCUT2D eigenvalue weighted by atomic mass is 16.5. The zero-order valence-corrected chi connectivity index (χ0v) is 24.5. The van der Waals surface area contributed by atoms with Gasteiger partial charge < -0.3 is 52.1 Å². The Kier molecular flexibility index (Phi) is 24.8. The van der Waals surface area contributed by atoms with Crippen LogP contribution < -0.4 is 0 Å². The molecule has 0 aliphatic rings. The minimum Gasteiger partial charge on any atom is -0.384 e. The molecular formula is C25H54O11. The highest BCUT2D eigenvalue weighted by Gasteiger charge is 2.35. The number of rotatable bonds is 24. The Bertz CT molecular complexity index is 376. The summed E-state index contributed by atoms with van der Waals surface area (Å²) in [4.78, 5) is 0. The Morgan fingerprint density at radius 2 is 0.389 bits per heavy atom. The van der Waals surface area contributed by atoms with E-state index < -0.39 is 0 Å². The highest BCUT2D eigenvalue weighted by molar-refractivity contribution is 4.82. The van der Waals surface area contributed by atoms with Crippen LogP contribution in [0.15, 0.2) is 0 Å². The molecule has 0 aromatic carbocycles. The average molecular weight is 531 g/mol. The number of hydrogen-bond acceptors (Lipinski definition) is 11. The van der Waals surface area contributed by atoms with Crippen molar-refractivity contribution in [1.82, 2.24) is 0 Å². The molecule has 0 unspecified atom stereocenters. The molecule has 0 bridgehead atoms. The van der Waals surface area contributed by atoms with Crippen LogP contribution in [0.3, 0.4) is 0 Å². The second-order valence-electron chi connectivity index (χ2n) is 9.32. The third kappa shape index (κ3) is 15.7. The summed E-state index contributed by atoms with van der Waals surface area (Å²) in [5.41, 5.74) is -0.887. The lowest BCUT2D eigenvalue weighted by Crippen LogP contribution is -2.45. The first-order valence-corrected chi connectivity index (χ1v) is 11.8. The van der Waals surface area contributed by atoms with Crippen molar-refractivity contribution in [2.24, 2.45) is 16.2 Å². The van der Waals surface area contributed by atoms with E-state index in [4.69, 9.17) is 52.1 Å². The molecule has 0 saturated carbocycles. The van der Waals surface area contributed by atoms with Gasteiger partial charge in [0, 0.05) is 71.1 Å². The van der Waals surface area contributed by atoms with Crippen molar-refractivity contribution >= 4 is 0 Å². The van der Waals surface area contributed by atoms with Crippen molar-refractivity contribution < 1.29 is 52.1 Å². The Morgan fingerprint density at radius 3 is 0.528 bits per heavy atom. The van der Waals surface area contributed by atoms with Gasteiger partial charge in [-0.1, -0.05) is 0 Å². The van der Waals surface area contributed by atoms with E-state index >= 15 is 0 Å². The molecule has 36 heavy (non-hydrogen) atoms. The zero-order valence-electron chi connectivity index (χ0n) is 24.5. The fourth-order valence-electron chi connectivity index (χ4n) is 4.30. The smallest absolute Gasteiger partial charge is 0.0637 e. The fraction of sp³-hybridized carbons (Fsp3) is 1.00. The molecule has 0 aliphatic carbocycles. The van der Waals surface area contributed by atoms with E-state index in [9.17, 15) is 0 Å². The van der Waals surface area contributed by atoms with Crippen molar-refractivity contribution in [3.05, 3.63) is 0 Å². The minimum absolute atomic E-state index is 0.188. The maximum absolute atomic E-state index is 6.00. The molecular weight excluding hydrogens is 476 g/mol. The van der Waals surface area contributed by atoms with E-state index in [1.165, 1.54) is 0 Å². The second-order valence-corrected chi connectivity index (χ2v) is 9.32. The summed E-state index contributed by atoms with van der Waals surface area (Å²) in [6, 6.07) is 0. The number of ether oxygens (including phenoxy) is 11. The van der Waals surface area contributed by atoms with Gasteiger partial charge in [-0.15, -0.1) is 0 Å². The van der Waals surface area contributed by atoms with Gasteiger partial charge in [0.1, 0.15) is 0 Å². The average Bonchev–Trinajstić information content (AvgIpc) is 2.81. The standard InChI is InChI=1S/C16H34O7.C9H20O4/c1-17-7-15(8-18-2,9-19-3)13-23-14-16(10-20-4,11-21-5)12-22-6;1-10-5-9(6-11-2,7-12-3)8-13-4/h7-14H2,1-6H3;5-8H2,1-4H3. The van der Waals surface area contributed by atoms with Crippen molar-refractivity contribution in [3.63, 3.8) is 0 Å². The zero-order chi connectivity index (χ0) is 27.8. The van der Waals surface area contributed by atoms with Gasteiger partial charge >= 0.3 is 0 Å². The molecule has 0 fully saturated rings. The summed E-state index contributed by atoms with van der Waals surface area (Å²) in [5, 5.41) is 0. The molecule has 0 radical (unpaired) electrons. The van der Waals surface area contributed by atoms with Gasteiger partial charge in [-0.25, -0.2) is 0 Å². The van der Waals surface area contributed by atoms with Gasteiger partial charge in [-0.05, 0) is 0 Å². The molecule has 0 spiro atoms. The SMILES string of the molecule is COCC(COC)(COC)COC.COCC(COC)(COC)COCC(COC)(COC)COC. The van der Waals surface area contributed by atoms with E-state index in [0.29, 0.717) is 79.3 Å². The first kappa shape index (κ1) is 37.7. The molecule has 220 valence electrons. The molecule has 0 atom stereocenters. The van der Waals surface area contributed by atoms with Crippen LogP contribution in [0.5, 0.6) is 0 Å². The third-order valence-electron chi connectivity index (χ3n) is 5.32. The lowest BCUT2D eigenvalue weighted by atomic mass is 9.90. The molecule has 0 rings (SSSR count). The molecule has 0 aromatic rings. The Hall–Kier alpha value is -0.440. The van der Waals surface area contributed by atoms with Crippen LogP contribution in [0.1, 0.15) is 0 Å². The summed E-state index contributed by atoms with van der Waals surface area (Å²) < 4.78 is 58.4.